The Morgan fingerprint density at radius 1 is 0.318 bits per heavy atom. The molecule has 15 rings (SSSR count). The van der Waals surface area contributed by atoms with E-state index in [0.29, 0.717) is 5.41 Å². The SMILES string of the molecule is c1ccc(-c2ccc3c(c2)C2(c4ccccc4-3)c3ccccc3-c3ccc(N(c4ccc(C56CC7CC(CC(C7)C5)C6)cc4)c4ccccc4-c4ccccc4-c4ccccc4)cc32)cc1. The van der Waals surface area contributed by atoms with Crippen molar-refractivity contribution in [2.45, 2.75) is 49.4 Å². The molecule has 0 radical (unpaired) electrons. The van der Waals surface area contributed by atoms with E-state index in [1.165, 1.54) is 133 Å². The van der Waals surface area contributed by atoms with Crippen LogP contribution in [0.25, 0.3) is 55.6 Å². The molecule has 1 heteroatoms. The van der Waals surface area contributed by atoms with Crippen LogP contribution in [-0.4, -0.2) is 0 Å². The summed E-state index contributed by atoms with van der Waals surface area (Å²) in [6, 6.07) is 82.8. The van der Waals surface area contributed by atoms with Crippen molar-refractivity contribution in [2.24, 2.45) is 17.8 Å². The van der Waals surface area contributed by atoms with E-state index >= 15 is 0 Å². The molecule has 1 spiro atoms. The largest absolute Gasteiger partial charge is 0.310 e. The van der Waals surface area contributed by atoms with Crippen molar-refractivity contribution in [1.82, 2.24) is 0 Å². The molecule has 0 aliphatic heterocycles. The van der Waals surface area contributed by atoms with Crippen LogP contribution in [0, 0.1) is 17.8 Å². The highest BCUT2D eigenvalue weighted by atomic mass is 15.1. The number of hydrogen-bond acceptors (Lipinski definition) is 1. The smallest absolute Gasteiger partial charge is 0.0726 e. The molecule has 1 atom stereocenters. The normalized spacial score (nSPS) is 22.5. The molecular formula is C65H51N. The third kappa shape index (κ3) is 5.59. The summed E-state index contributed by atoms with van der Waals surface area (Å²) < 4.78 is 0. The maximum atomic E-state index is 2.57. The van der Waals surface area contributed by atoms with Gasteiger partial charge in [0.2, 0.25) is 0 Å². The Morgan fingerprint density at radius 2 is 0.788 bits per heavy atom. The number of benzene rings is 9. The van der Waals surface area contributed by atoms with Crippen molar-refractivity contribution in [3.8, 4) is 55.6 Å². The zero-order valence-electron chi connectivity index (χ0n) is 37.2. The minimum atomic E-state index is -0.494. The third-order valence-corrected chi connectivity index (χ3v) is 16.7. The van der Waals surface area contributed by atoms with Gasteiger partial charge in [-0.15, -0.1) is 0 Å². The van der Waals surface area contributed by atoms with E-state index in [2.05, 4.69) is 223 Å². The van der Waals surface area contributed by atoms with Crippen molar-refractivity contribution in [2.75, 3.05) is 4.90 Å². The fourth-order valence-electron chi connectivity index (χ4n) is 14.4. The second kappa shape index (κ2) is 14.6. The second-order valence-electron chi connectivity index (χ2n) is 20.2. The molecule has 1 nitrogen and oxygen atoms in total. The lowest BCUT2D eigenvalue weighted by Crippen LogP contribution is -2.48. The molecule has 6 aliphatic carbocycles. The van der Waals surface area contributed by atoms with Crippen LogP contribution < -0.4 is 4.90 Å². The molecule has 4 bridgehead atoms. The predicted octanol–water partition coefficient (Wildman–Crippen LogP) is 17.0. The van der Waals surface area contributed by atoms with E-state index in [4.69, 9.17) is 0 Å². The fourth-order valence-corrected chi connectivity index (χ4v) is 14.4. The van der Waals surface area contributed by atoms with Gasteiger partial charge in [0.15, 0.2) is 0 Å². The molecule has 0 amide bonds. The maximum absolute atomic E-state index is 2.57. The summed E-state index contributed by atoms with van der Waals surface area (Å²) in [5, 5.41) is 0. The highest BCUT2D eigenvalue weighted by Gasteiger charge is 2.53. The van der Waals surface area contributed by atoms with Crippen LogP contribution in [0.3, 0.4) is 0 Å². The first-order valence-corrected chi connectivity index (χ1v) is 24.3. The van der Waals surface area contributed by atoms with Gasteiger partial charge < -0.3 is 4.90 Å². The Kier molecular flexibility index (Phi) is 8.45. The van der Waals surface area contributed by atoms with Gasteiger partial charge in [-0.2, -0.15) is 0 Å². The van der Waals surface area contributed by atoms with Gasteiger partial charge in [0.1, 0.15) is 0 Å². The monoisotopic (exact) mass is 845 g/mol. The third-order valence-electron chi connectivity index (χ3n) is 16.7. The quantitative estimate of drug-likeness (QED) is 0.154. The van der Waals surface area contributed by atoms with Crippen LogP contribution in [-0.2, 0) is 10.8 Å². The average molecular weight is 846 g/mol. The lowest BCUT2D eigenvalue weighted by Gasteiger charge is -2.57. The molecule has 0 heterocycles. The summed E-state index contributed by atoms with van der Waals surface area (Å²) in [4.78, 5) is 2.57. The Morgan fingerprint density at radius 3 is 1.42 bits per heavy atom. The standard InChI is InChI=1S/C65H51N/c1-3-15-46(16-4-1)48-27-33-56-54-21-9-12-24-59(54)65(61(56)38-48)60-25-13-10-22-55(60)57-34-32-51(39-62(57)65)66(50-30-28-49(29-31-50)64-40-43-35-44(41-64)37-45(36-43)42-64)63-26-14-11-23-58(63)53-20-8-7-19-52(53)47-17-5-2-6-18-47/h1-34,38-39,43-45H,35-37,40-42H2. The Balaban J connectivity index is 0.997. The Hall–Kier alpha value is -7.22. The number of nitrogens with zero attached hydrogens (tertiary/aromatic N) is 1. The zero-order valence-corrected chi connectivity index (χ0v) is 37.2. The average Bonchev–Trinajstić information content (AvgIpc) is 3.84. The van der Waals surface area contributed by atoms with Crippen LogP contribution in [0.5, 0.6) is 0 Å². The molecule has 0 saturated heterocycles. The minimum absolute atomic E-state index is 0.332. The molecule has 0 aromatic heterocycles. The lowest BCUT2D eigenvalue weighted by atomic mass is 9.48. The van der Waals surface area contributed by atoms with E-state index in [1.807, 2.05) is 0 Å². The Bertz CT molecular complexity index is 3290. The first-order chi connectivity index (χ1) is 32.6. The first kappa shape index (κ1) is 38.1. The highest BCUT2D eigenvalue weighted by molar-refractivity contribution is 5.99. The summed E-state index contributed by atoms with van der Waals surface area (Å²) in [5.41, 5.74) is 23.0. The molecule has 6 aliphatic rings. The van der Waals surface area contributed by atoms with Crippen LogP contribution in [0.15, 0.2) is 218 Å². The molecule has 316 valence electrons. The van der Waals surface area contributed by atoms with Gasteiger partial charge in [-0.25, -0.2) is 0 Å². The van der Waals surface area contributed by atoms with Gasteiger partial charge in [0.05, 0.1) is 11.1 Å². The number of para-hydroxylation sites is 1. The molecule has 0 N–H and O–H groups in total. The first-order valence-electron chi connectivity index (χ1n) is 24.3. The molecule has 4 saturated carbocycles. The van der Waals surface area contributed by atoms with Crippen molar-refractivity contribution >= 4 is 17.1 Å². The molecule has 66 heavy (non-hydrogen) atoms. The van der Waals surface area contributed by atoms with Crippen LogP contribution >= 0.6 is 0 Å². The molecular weight excluding hydrogens is 795 g/mol. The molecule has 9 aromatic carbocycles. The number of fused-ring (bicyclic) bond motifs is 10. The summed E-state index contributed by atoms with van der Waals surface area (Å²) in [6.07, 6.45) is 8.46. The fraction of sp³-hybridized carbons (Fsp3) is 0.169. The van der Waals surface area contributed by atoms with E-state index < -0.39 is 5.41 Å². The maximum Gasteiger partial charge on any atom is 0.0726 e. The topological polar surface area (TPSA) is 3.24 Å². The van der Waals surface area contributed by atoms with Crippen molar-refractivity contribution < 1.29 is 0 Å². The van der Waals surface area contributed by atoms with Crippen molar-refractivity contribution in [1.29, 1.82) is 0 Å². The van der Waals surface area contributed by atoms with Crippen LogP contribution in [0.4, 0.5) is 17.1 Å². The predicted molar refractivity (Wildman–Crippen MR) is 274 cm³/mol. The van der Waals surface area contributed by atoms with Crippen LogP contribution in [0.1, 0.15) is 66.3 Å². The van der Waals surface area contributed by atoms with E-state index in [-0.39, 0.29) is 0 Å². The summed E-state index contributed by atoms with van der Waals surface area (Å²) in [7, 11) is 0. The van der Waals surface area contributed by atoms with Gasteiger partial charge in [0.25, 0.3) is 0 Å². The molecule has 1 unspecified atom stereocenters. The summed E-state index contributed by atoms with van der Waals surface area (Å²) >= 11 is 0. The Labute approximate surface area is 389 Å². The minimum Gasteiger partial charge on any atom is -0.310 e. The van der Waals surface area contributed by atoms with Gasteiger partial charge in [-0.1, -0.05) is 182 Å². The van der Waals surface area contributed by atoms with Crippen LogP contribution in [0.2, 0.25) is 0 Å². The molecule has 4 fully saturated rings. The number of anilines is 3. The van der Waals surface area contributed by atoms with Gasteiger partial charge in [-0.3, -0.25) is 0 Å². The number of rotatable bonds is 7. The second-order valence-corrected chi connectivity index (χ2v) is 20.2. The zero-order chi connectivity index (χ0) is 43.4. The van der Waals surface area contributed by atoms with E-state index in [9.17, 15) is 0 Å². The van der Waals surface area contributed by atoms with E-state index in [0.717, 1.165) is 17.8 Å². The number of hydrogen-bond donors (Lipinski definition) is 0. The summed E-state index contributed by atoms with van der Waals surface area (Å²) in [5.74, 6) is 2.71. The lowest BCUT2D eigenvalue weighted by molar-refractivity contribution is -0.00518. The highest BCUT2D eigenvalue weighted by Crippen LogP contribution is 2.64. The van der Waals surface area contributed by atoms with Gasteiger partial charge >= 0.3 is 0 Å². The van der Waals surface area contributed by atoms with Gasteiger partial charge in [0, 0.05) is 16.9 Å². The van der Waals surface area contributed by atoms with Crippen molar-refractivity contribution in [3.63, 3.8) is 0 Å². The molecule has 9 aromatic rings. The van der Waals surface area contributed by atoms with Crippen molar-refractivity contribution in [3.05, 3.63) is 246 Å². The summed E-state index contributed by atoms with van der Waals surface area (Å²) in [6.45, 7) is 0. The van der Waals surface area contributed by atoms with Gasteiger partial charge in [-0.05, 0) is 176 Å². The van der Waals surface area contributed by atoms with E-state index in [1.54, 1.807) is 5.56 Å².